The number of hydrogen-bond donors (Lipinski definition) is 1. The standard InChI is InChI=1S/C16H25BrN2O/c1-12(2)9-18-10-14-4-5-16(15(17)8-14)19-6-7-20-13(3)11-19/h4-5,8,12-13,18H,6-7,9-11H2,1-3H3. The zero-order valence-electron chi connectivity index (χ0n) is 12.7. The first-order valence-electron chi connectivity index (χ1n) is 7.42. The van der Waals surface area contributed by atoms with Gasteiger partial charge in [0, 0.05) is 24.1 Å². The van der Waals surface area contributed by atoms with Gasteiger partial charge in [-0.25, -0.2) is 0 Å². The van der Waals surface area contributed by atoms with E-state index in [1.807, 2.05) is 0 Å². The Morgan fingerprint density at radius 1 is 1.45 bits per heavy atom. The van der Waals surface area contributed by atoms with Gasteiger partial charge in [0.25, 0.3) is 0 Å². The van der Waals surface area contributed by atoms with Gasteiger partial charge in [-0.15, -0.1) is 0 Å². The maximum atomic E-state index is 5.60. The third-order valence-electron chi connectivity index (χ3n) is 3.48. The van der Waals surface area contributed by atoms with Gasteiger partial charge in [-0.05, 0) is 53.0 Å². The van der Waals surface area contributed by atoms with E-state index in [1.54, 1.807) is 0 Å². The number of nitrogens with one attached hydrogen (secondary N) is 1. The lowest BCUT2D eigenvalue weighted by Crippen LogP contribution is -2.41. The second kappa shape index (κ2) is 7.43. The molecule has 1 aromatic rings. The highest BCUT2D eigenvalue weighted by Crippen LogP contribution is 2.28. The summed E-state index contributed by atoms with van der Waals surface area (Å²) in [5, 5.41) is 3.48. The van der Waals surface area contributed by atoms with Crippen molar-refractivity contribution in [3.05, 3.63) is 28.2 Å². The quantitative estimate of drug-likeness (QED) is 0.888. The molecule has 0 saturated carbocycles. The summed E-state index contributed by atoms with van der Waals surface area (Å²) < 4.78 is 6.78. The highest BCUT2D eigenvalue weighted by Gasteiger charge is 2.18. The highest BCUT2D eigenvalue weighted by atomic mass is 79.9. The van der Waals surface area contributed by atoms with Gasteiger partial charge in [0.1, 0.15) is 0 Å². The molecule has 0 bridgehead atoms. The number of morpholine rings is 1. The van der Waals surface area contributed by atoms with Gasteiger partial charge in [-0.3, -0.25) is 0 Å². The Bertz CT molecular complexity index is 436. The van der Waals surface area contributed by atoms with Crippen molar-refractivity contribution in [1.82, 2.24) is 5.32 Å². The van der Waals surface area contributed by atoms with Crippen LogP contribution >= 0.6 is 15.9 Å². The van der Waals surface area contributed by atoms with Crippen molar-refractivity contribution < 1.29 is 4.74 Å². The summed E-state index contributed by atoms with van der Waals surface area (Å²) >= 11 is 3.71. The van der Waals surface area contributed by atoms with Crippen LogP contribution in [0.15, 0.2) is 22.7 Å². The molecule has 1 saturated heterocycles. The fraction of sp³-hybridized carbons (Fsp3) is 0.625. The van der Waals surface area contributed by atoms with E-state index in [-0.39, 0.29) is 0 Å². The first kappa shape index (κ1) is 15.8. The zero-order chi connectivity index (χ0) is 14.5. The molecule has 3 nitrogen and oxygen atoms in total. The summed E-state index contributed by atoms with van der Waals surface area (Å²) in [6.45, 7) is 11.3. The molecule has 1 heterocycles. The van der Waals surface area contributed by atoms with E-state index >= 15 is 0 Å². The van der Waals surface area contributed by atoms with Gasteiger partial charge < -0.3 is 15.0 Å². The normalized spacial score (nSPS) is 19.6. The summed E-state index contributed by atoms with van der Waals surface area (Å²) in [5.74, 6) is 0.688. The molecule has 1 aliphatic heterocycles. The van der Waals surface area contributed by atoms with Crippen LogP contribution in [0.1, 0.15) is 26.3 Å². The van der Waals surface area contributed by atoms with Gasteiger partial charge in [0.05, 0.1) is 18.4 Å². The van der Waals surface area contributed by atoms with Crippen molar-refractivity contribution in [2.24, 2.45) is 5.92 Å². The minimum atomic E-state index is 0.308. The highest BCUT2D eigenvalue weighted by molar-refractivity contribution is 9.10. The largest absolute Gasteiger partial charge is 0.375 e. The molecule has 4 heteroatoms. The summed E-state index contributed by atoms with van der Waals surface area (Å²) in [7, 11) is 0. The molecule has 1 atom stereocenters. The Balaban J connectivity index is 1.98. The van der Waals surface area contributed by atoms with Gasteiger partial charge in [0.2, 0.25) is 0 Å². The second-order valence-electron chi connectivity index (χ2n) is 5.94. The van der Waals surface area contributed by atoms with Gasteiger partial charge >= 0.3 is 0 Å². The van der Waals surface area contributed by atoms with Gasteiger partial charge in [-0.1, -0.05) is 19.9 Å². The average Bonchev–Trinajstić information content (AvgIpc) is 2.38. The lowest BCUT2D eigenvalue weighted by molar-refractivity contribution is 0.0532. The minimum Gasteiger partial charge on any atom is -0.375 e. The summed E-state index contributed by atoms with van der Waals surface area (Å²) in [6.07, 6.45) is 0.308. The number of benzene rings is 1. The van der Waals surface area contributed by atoms with E-state index in [2.05, 4.69) is 65.1 Å². The van der Waals surface area contributed by atoms with Crippen LogP contribution in [0.25, 0.3) is 0 Å². The van der Waals surface area contributed by atoms with Crippen molar-refractivity contribution in [3.63, 3.8) is 0 Å². The SMILES string of the molecule is CC(C)CNCc1ccc(N2CCOC(C)C2)c(Br)c1. The average molecular weight is 341 g/mol. The lowest BCUT2D eigenvalue weighted by atomic mass is 10.1. The smallest absolute Gasteiger partial charge is 0.0722 e. The first-order valence-corrected chi connectivity index (χ1v) is 8.21. The molecule has 20 heavy (non-hydrogen) atoms. The Hall–Kier alpha value is -0.580. The fourth-order valence-electron chi connectivity index (χ4n) is 2.46. The molecule has 0 amide bonds. The molecule has 1 aliphatic rings. The van der Waals surface area contributed by atoms with E-state index in [0.717, 1.165) is 32.8 Å². The van der Waals surface area contributed by atoms with E-state index in [1.165, 1.54) is 15.7 Å². The van der Waals surface area contributed by atoms with Crippen LogP contribution in [0, 0.1) is 5.92 Å². The number of anilines is 1. The molecular formula is C16H25BrN2O. The number of nitrogens with zero attached hydrogens (tertiary/aromatic N) is 1. The third kappa shape index (κ3) is 4.47. The van der Waals surface area contributed by atoms with Crippen molar-refractivity contribution in [3.8, 4) is 0 Å². The Morgan fingerprint density at radius 3 is 2.90 bits per heavy atom. The Labute approximate surface area is 130 Å². The van der Waals surface area contributed by atoms with Crippen LogP contribution in [0.4, 0.5) is 5.69 Å². The van der Waals surface area contributed by atoms with Crippen molar-refractivity contribution in [2.45, 2.75) is 33.4 Å². The van der Waals surface area contributed by atoms with E-state index in [9.17, 15) is 0 Å². The van der Waals surface area contributed by atoms with Crippen molar-refractivity contribution in [2.75, 3.05) is 31.1 Å². The Morgan fingerprint density at radius 2 is 2.25 bits per heavy atom. The number of halogens is 1. The van der Waals surface area contributed by atoms with Crippen LogP contribution in [-0.4, -0.2) is 32.3 Å². The van der Waals surface area contributed by atoms with Crippen LogP contribution in [0.3, 0.4) is 0 Å². The predicted octanol–water partition coefficient (Wildman–Crippen LogP) is 3.42. The molecular weight excluding hydrogens is 316 g/mol. The molecule has 1 unspecified atom stereocenters. The van der Waals surface area contributed by atoms with Crippen LogP contribution in [-0.2, 0) is 11.3 Å². The fourth-order valence-corrected chi connectivity index (χ4v) is 3.14. The topological polar surface area (TPSA) is 24.5 Å². The molecule has 0 aliphatic carbocycles. The molecule has 0 aromatic heterocycles. The second-order valence-corrected chi connectivity index (χ2v) is 6.79. The Kier molecular flexibility index (Phi) is 5.87. The van der Waals surface area contributed by atoms with E-state index < -0.39 is 0 Å². The number of hydrogen-bond acceptors (Lipinski definition) is 3. The predicted molar refractivity (Wildman–Crippen MR) is 88.3 cm³/mol. The van der Waals surface area contributed by atoms with Crippen molar-refractivity contribution >= 4 is 21.6 Å². The summed E-state index contributed by atoms with van der Waals surface area (Å²) in [5.41, 5.74) is 2.59. The molecule has 1 fully saturated rings. The van der Waals surface area contributed by atoms with Crippen LogP contribution in [0.5, 0.6) is 0 Å². The molecule has 112 valence electrons. The van der Waals surface area contributed by atoms with Crippen molar-refractivity contribution in [1.29, 1.82) is 0 Å². The van der Waals surface area contributed by atoms with E-state index in [4.69, 9.17) is 4.74 Å². The van der Waals surface area contributed by atoms with E-state index in [0.29, 0.717) is 12.0 Å². The zero-order valence-corrected chi connectivity index (χ0v) is 14.2. The summed E-state index contributed by atoms with van der Waals surface area (Å²) in [4.78, 5) is 2.39. The van der Waals surface area contributed by atoms with Crippen LogP contribution in [0.2, 0.25) is 0 Å². The summed E-state index contributed by atoms with van der Waals surface area (Å²) in [6, 6.07) is 6.66. The number of ether oxygens (including phenoxy) is 1. The third-order valence-corrected chi connectivity index (χ3v) is 4.11. The molecule has 0 spiro atoms. The number of rotatable bonds is 5. The first-order chi connectivity index (χ1) is 9.56. The van der Waals surface area contributed by atoms with Gasteiger partial charge in [-0.2, -0.15) is 0 Å². The van der Waals surface area contributed by atoms with Gasteiger partial charge in [0.15, 0.2) is 0 Å². The molecule has 2 rings (SSSR count). The minimum absolute atomic E-state index is 0.308. The van der Waals surface area contributed by atoms with Crippen LogP contribution < -0.4 is 10.2 Å². The molecule has 1 N–H and O–H groups in total. The maximum Gasteiger partial charge on any atom is 0.0722 e. The molecule has 1 aromatic carbocycles. The maximum absolute atomic E-state index is 5.60. The monoisotopic (exact) mass is 340 g/mol. The molecule has 0 radical (unpaired) electrons. The lowest BCUT2D eigenvalue weighted by Gasteiger charge is -2.33.